The Morgan fingerprint density at radius 2 is 1.84 bits per heavy atom. The van der Waals surface area contributed by atoms with E-state index in [1.165, 1.54) is 0 Å². The third-order valence-electron chi connectivity index (χ3n) is 7.60. The zero-order chi connectivity index (χ0) is 27.3. The molecule has 0 atom stereocenters. The SMILES string of the molecule is COc1ccc2ncc(Cl)c(CCCC3(C(=O)NO)CCN(CCCc4cc(F)c(F)c(F)c4)CC3)c2c1. The second-order valence-corrected chi connectivity index (χ2v) is 10.3. The van der Waals surface area contributed by atoms with Crippen molar-refractivity contribution in [1.29, 1.82) is 0 Å². The van der Waals surface area contributed by atoms with Gasteiger partial charge in [-0.15, -0.1) is 0 Å². The van der Waals surface area contributed by atoms with Crippen molar-refractivity contribution in [3.8, 4) is 5.75 Å². The molecule has 4 rings (SSSR count). The van der Waals surface area contributed by atoms with Crippen molar-refractivity contribution in [2.24, 2.45) is 5.41 Å². The molecule has 6 nitrogen and oxygen atoms in total. The summed E-state index contributed by atoms with van der Waals surface area (Å²) in [4.78, 5) is 19.3. The van der Waals surface area contributed by atoms with Gasteiger partial charge in [0.1, 0.15) is 5.75 Å². The highest BCUT2D eigenvalue weighted by Crippen LogP contribution is 2.38. The highest BCUT2D eigenvalue weighted by Gasteiger charge is 2.40. The van der Waals surface area contributed by atoms with Gasteiger partial charge in [0.25, 0.3) is 0 Å². The smallest absolute Gasteiger partial charge is 0.249 e. The third kappa shape index (κ3) is 6.22. The zero-order valence-corrected chi connectivity index (χ0v) is 22.0. The van der Waals surface area contributed by atoms with Crippen LogP contribution in [-0.2, 0) is 17.6 Å². The van der Waals surface area contributed by atoms with Gasteiger partial charge in [-0.3, -0.25) is 15.0 Å². The lowest BCUT2D eigenvalue weighted by Gasteiger charge is -2.40. The molecule has 3 aromatic rings. The van der Waals surface area contributed by atoms with E-state index in [0.29, 0.717) is 80.9 Å². The molecule has 1 aliphatic rings. The molecule has 0 saturated carbocycles. The lowest BCUT2D eigenvalue weighted by atomic mass is 9.73. The Morgan fingerprint density at radius 1 is 1.13 bits per heavy atom. The first-order chi connectivity index (χ1) is 18.3. The van der Waals surface area contributed by atoms with Gasteiger partial charge < -0.3 is 9.64 Å². The standard InChI is InChI=1S/C28H31ClF3N3O3/c1-38-19-6-7-25-21(16-19)20(22(29)17-33-25)5-2-8-28(27(36)34-37)9-12-35(13-10-28)11-3-4-18-14-23(30)26(32)24(31)15-18/h6-7,14-17,37H,2-5,8-13H2,1H3,(H,34,36). The maximum atomic E-state index is 13.5. The number of benzene rings is 2. The Labute approximate surface area is 224 Å². The van der Waals surface area contributed by atoms with Crippen LogP contribution in [0.1, 0.15) is 43.2 Å². The fraction of sp³-hybridized carbons (Fsp3) is 0.429. The summed E-state index contributed by atoms with van der Waals surface area (Å²) in [6, 6.07) is 7.69. The summed E-state index contributed by atoms with van der Waals surface area (Å²) in [5.41, 5.74) is 3.32. The number of hydroxylamine groups is 1. The number of carbonyl (C=O) groups excluding carboxylic acids is 1. The Hall–Kier alpha value is -2.88. The quantitative estimate of drug-likeness (QED) is 0.188. The predicted molar refractivity (Wildman–Crippen MR) is 139 cm³/mol. The van der Waals surface area contributed by atoms with Crippen molar-refractivity contribution in [2.75, 3.05) is 26.7 Å². The molecule has 1 saturated heterocycles. The van der Waals surface area contributed by atoms with E-state index in [2.05, 4.69) is 9.88 Å². The Balaban J connectivity index is 1.35. The van der Waals surface area contributed by atoms with E-state index in [0.717, 1.165) is 28.6 Å². The second-order valence-electron chi connectivity index (χ2n) is 9.86. The molecule has 1 aliphatic heterocycles. The molecule has 1 fully saturated rings. The Kier molecular flexibility index (Phi) is 9.12. The number of ether oxygens (including phenoxy) is 1. The van der Waals surface area contributed by atoms with E-state index in [-0.39, 0.29) is 5.91 Å². The van der Waals surface area contributed by atoms with Crippen LogP contribution in [0.2, 0.25) is 5.02 Å². The van der Waals surface area contributed by atoms with E-state index < -0.39 is 22.9 Å². The average molecular weight is 550 g/mol. The maximum Gasteiger partial charge on any atom is 0.249 e. The average Bonchev–Trinajstić information content (AvgIpc) is 2.93. The van der Waals surface area contributed by atoms with Crippen molar-refractivity contribution >= 4 is 28.4 Å². The molecule has 1 amide bonds. The first kappa shape index (κ1) is 28.1. The molecular weight excluding hydrogens is 519 g/mol. The summed E-state index contributed by atoms with van der Waals surface area (Å²) in [5, 5.41) is 10.9. The third-order valence-corrected chi connectivity index (χ3v) is 7.92. The largest absolute Gasteiger partial charge is 0.497 e. The van der Waals surface area contributed by atoms with Gasteiger partial charge in [0.15, 0.2) is 17.5 Å². The molecule has 0 unspecified atom stereocenters. The van der Waals surface area contributed by atoms with Gasteiger partial charge in [-0.25, -0.2) is 18.7 Å². The van der Waals surface area contributed by atoms with Crippen molar-refractivity contribution in [1.82, 2.24) is 15.4 Å². The van der Waals surface area contributed by atoms with Crippen LogP contribution < -0.4 is 10.2 Å². The monoisotopic (exact) mass is 549 g/mol. The predicted octanol–water partition coefficient (Wildman–Crippen LogP) is 5.86. The van der Waals surface area contributed by atoms with E-state index in [9.17, 15) is 23.2 Å². The lowest BCUT2D eigenvalue weighted by Crippen LogP contribution is -2.48. The Morgan fingerprint density at radius 3 is 2.50 bits per heavy atom. The van der Waals surface area contributed by atoms with Crippen LogP contribution in [0, 0.1) is 22.9 Å². The van der Waals surface area contributed by atoms with Crippen molar-refractivity contribution < 1.29 is 27.9 Å². The van der Waals surface area contributed by atoms with E-state index in [4.69, 9.17) is 16.3 Å². The van der Waals surface area contributed by atoms with Crippen LogP contribution in [0.15, 0.2) is 36.5 Å². The number of hydrogen-bond donors (Lipinski definition) is 2. The number of methoxy groups -OCH3 is 1. The van der Waals surface area contributed by atoms with Crippen LogP contribution in [0.4, 0.5) is 13.2 Å². The molecule has 204 valence electrons. The fourth-order valence-electron chi connectivity index (χ4n) is 5.36. The lowest BCUT2D eigenvalue weighted by molar-refractivity contribution is -0.143. The number of piperidine rings is 1. The van der Waals surface area contributed by atoms with Crippen LogP contribution in [0.25, 0.3) is 10.9 Å². The van der Waals surface area contributed by atoms with Crippen LogP contribution >= 0.6 is 11.6 Å². The number of pyridine rings is 1. The highest BCUT2D eigenvalue weighted by molar-refractivity contribution is 6.32. The molecule has 2 N–H and O–H groups in total. The molecule has 0 bridgehead atoms. The van der Waals surface area contributed by atoms with Gasteiger partial charge >= 0.3 is 0 Å². The molecule has 10 heteroatoms. The number of hydrogen-bond acceptors (Lipinski definition) is 5. The zero-order valence-electron chi connectivity index (χ0n) is 21.2. The summed E-state index contributed by atoms with van der Waals surface area (Å²) >= 11 is 6.49. The number of halogens is 4. The normalized spacial score (nSPS) is 15.5. The van der Waals surface area contributed by atoms with Gasteiger partial charge in [-0.1, -0.05) is 11.6 Å². The number of fused-ring (bicyclic) bond motifs is 1. The number of rotatable bonds is 10. The number of aromatic nitrogens is 1. The summed E-state index contributed by atoms with van der Waals surface area (Å²) in [5.74, 6) is -3.50. The van der Waals surface area contributed by atoms with Gasteiger partial charge in [-0.05, 0) is 106 Å². The minimum Gasteiger partial charge on any atom is -0.497 e. The molecule has 0 spiro atoms. The fourth-order valence-corrected chi connectivity index (χ4v) is 5.60. The van der Waals surface area contributed by atoms with E-state index in [1.807, 2.05) is 23.7 Å². The highest BCUT2D eigenvalue weighted by atomic mass is 35.5. The molecule has 0 radical (unpaired) electrons. The van der Waals surface area contributed by atoms with Crippen molar-refractivity contribution in [2.45, 2.75) is 44.9 Å². The van der Waals surface area contributed by atoms with Gasteiger partial charge in [0.05, 0.1) is 23.1 Å². The topological polar surface area (TPSA) is 74.7 Å². The molecule has 0 aliphatic carbocycles. The number of amides is 1. The van der Waals surface area contributed by atoms with E-state index >= 15 is 0 Å². The maximum absolute atomic E-state index is 13.5. The van der Waals surface area contributed by atoms with Crippen LogP contribution in [-0.4, -0.2) is 47.7 Å². The molecule has 2 heterocycles. The van der Waals surface area contributed by atoms with Gasteiger partial charge in [0, 0.05) is 11.6 Å². The summed E-state index contributed by atoms with van der Waals surface area (Å²) in [7, 11) is 1.60. The Bertz CT molecular complexity index is 1280. The summed E-state index contributed by atoms with van der Waals surface area (Å²) in [6.07, 6.45) is 5.72. The summed E-state index contributed by atoms with van der Waals surface area (Å²) in [6.45, 7) is 1.98. The van der Waals surface area contributed by atoms with Gasteiger partial charge in [0.2, 0.25) is 5.91 Å². The molecule has 38 heavy (non-hydrogen) atoms. The first-order valence-electron chi connectivity index (χ1n) is 12.7. The minimum atomic E-state index is -1.46. The van der Waals surface area contributed by atoms with Crippen molar-refractivity contribution in [3.63, 3.8) is 0 Å². The molecule has 1 aromatic heterocycles. The van der Waals surface area contributed by atoms with E-state index in [1.54, 1.807) is 13.3 Å². The molecular formula is C28H31ClF3N3O3. The number of likely N-dealkylation sites (tertiary alicyclic amines) is 1. The van der Waals surface area contributed by atoms with Gasteiger partial charge in [-0.2, -0.15) is 0 Å². The minimum absolute atomic E-state index is 0.387. The van der Waals surface area contributed by atoms with Crippen molar-refractivity contribution in [3.05, 3.63) is 70.1 Å². The summed E-state index contributed by atoms with van der Waals surface area (Å²) < 4.78 is 45.4. The number of carbonyl (C=O) groups is 1. The molecule has 2 aromatic carbocycles. The van der Waals surface area contributed by atoms with Crippen LogP contribution in [0.5, 0.6) is 5.75 Å². The second kappa shape index (κ2) is 12.3. The number of nitrogens with zero attached hydrogens (tertiary/aromatic N) is 2. The number of nitrogens with one attached hydrogen (secondary N) is 1. The number of aryl methyl sites for hydroxylation is 2. The first-order valence-corrected chi connectivity index (χ1v) is 13.1. The van der Waals surface area contributed by atoms with Crippen LogP contribution in [0.3, 0.4) is 0 Å².